The first-order chi connectivity index (χ1) is 9.70. The van der Waals surface area contributed by atoms with Crippen LogP contribution in [-0.4, -0.2) is 17.2 Å². The van der Waals surface area contributed by atoms with Gasteiger partial charge in [-0.15, -0.1) is 0 Å². The van der Waals surface area contributed by atoms with Crippen molar-refractivity contribution in [3.8, 4) is 5.75 Å². The van der Waals surface area contributed by atoms with E-state index in [-0.39, 0.29) is 5.92 Å². The summed E-state index contributed by atoms with van der Waals surface area (Å²) in [4.78, 5) is 4.43. The average molecular weight is 290 g/mol. The number of aryl methyl sites for hydroxylation is 1. The second-order valence-corrected chi connectivity index (χ2v) is 5.44. The number of benzene rings is 1. The SMILES string of the molecule is COc1ccc(C(O)C2CCc3cccnc32)cc1Cl. The van der Waals surface area contributed by atoms with Crippen molar-refractivity contribution < 1.29 is 9.84 Å². The number of methoxy groups -OCH3 is 1. The maximum Gasteiger partial charge on any atom is 0.137 e. The molecule has 1 heterocycles. The fourth-order valence-corrected chi connectivity index (χ4v) is 3.12. The molecule has 20 heavy (non-hydrogen) atoms. The molecule has 3 rings (SSSR count). The second kappa shape index (κ2) is 5.43. The summed E-state index contributed by atoms with van der Waals surface area (Å²) in [5.41, 5.74) is 3.04. The summed E-state index contributed by atoms with van der Waals surface area (Å²) in [7, 11) is 1.58. The fourth-order valence-electron chi connectivity index (χ4n) is 2.85. The Labute approximate surface area is 123 Å². The highest BCUT2D eigenvalue weighted by atomic mass is 35.5. The highest BCUT2D eigenvalue weighted by molar-refractivity contribution is 6.32. The monoisotopic (exact) mass is 289 g/mol. The Hall–Kier alpha value is -1.58. The third kappa shape index (κ3) is 2.28. The van der Waals surface area contributed by atoms with Gasteiger partial charge in [0, 0.05) is 17.8 Å². The molecule has 0 saturated carbocycles. The minimum atomic E-state index is -0.588. The number of pyridine rings is 1. The lowest BCUT2D eigenvalue weighted by Crippen LogP contribution is -2.09. The first-order valence-electron chi connectivity index (χ1n) is 6.66. The largest absolute Gasteiger partial charge is 0.495 e. The van der Waals surface area contributed by atoms with Crippen LogP contribution in [0.5, 0.6) is 5.75 Å². The first-order valence-corrected chi connectivity index (χ1v) is 7.04. The molecule has 0 saturated heterocycles. The van der Waals surface area contributed by atoms with Gasteiger partial charge in [-0.05, 0) is 42.2 Å². The van der Waals surface area contributed by atoms with Crippen molar-refractivity contribution >= 4 is 11.6 Å². The summed E-state index contributed by atoms with van der Waals surface area (Å²) < 4.78 is 5.14. The molecule has 0 bridgehead atoms. The molecule has 1 N–H and O–H groups in total. The number of fused-ring (bicyclic) bond motifs is 1. The van der Waals surface area contributed by atoms with E-state index in [1.165, 1.54) is 5.56 Å². The number of halogens is 1. The molecule has 0 amide bonds. The molecular weight excluding hydrogens is 274 g/mol. The number of hydrogen-bond donors (Lipinski definition) is 1. The first kappa shape index (κ1) is 13.4. The summed E-state index contributed by atoms with van der Waals surface area (Å²) in [6.07, 6.45) is 3.08. The summed E-state index contributed by atoms with van der Waals surface area (Å²) in [5.74, 6) is 0.656. The molecule has 3 nitrogen and oxygen atoms in total. The van der Waals surface area contributed by atoms with Gasteiger partial charge < -0.3 is 9.84 Å². The fraction of sp³-hybridized carbons (Fsp3) is 0.312. The van der Waals surface area contributed by atoms with Gasteiger partial charge in [-0.2, -0.15) is 0 Å². The van der Waals surface area contributed by atoms with Crippen LogP contribution in [0.25, 0.3) is 0 Å². The molecule has 104 valence electrons. The van der Waals surface area contributed by atoms with Crippen LogP contribution >= 0.6 is 11.6 Å². The molecule has 1 aliphatic rings. The summed E-state index contributed by atoms with van der Waals surface area (Å²) in [6, 6.07) is 9.44. The van der Waals surface area contributed by atoms with E-state index in [0.717, 1.165) is 24.1 Å². The standard InChI is InChI=1S/C16H16ClNO2/c1-20-14-7-5-11(9-13(14)17)16(19)12-6-4-10-3-2-8-18-15(10)12/h2-3,5,7-9,12,16,19H,4,6H2,1H3. The maximum absolute atomic E-state index is 10.6. The molecule has 1 aromatic carbocycles. The topological polar surface area (TPSA) is 42.4 Å². The van der Waals surface area contributed by atoms with Gasteiger partial charge in [0.2, 0.25) is 0 Å². The van der Waals surface area contributed by atoms with Gasteiger partial charge in [-0.1, -0.05) is 23.7 Å². The average Bonchev–Trinajstić information content (AvgIpc) is 2.90. The number of aromatic nitrogens is 1. The van der Waals surface area contributed by atoms with Gasteiger partial charge >= 0.3 is 0 Å². The van der Waals surface area contributed by atoms with E-state index in [2.05, 4.69) is 11.1 Å². The minimum Gasteiger partial charge on any atom is -0.495 e. The van der Waals surface area contributed by atoms with E-state index >= 15 is 0 Å². The van der Waals surface area contributed by atoms with Crippen LogP contribution in [0.15, 0.2) is 36.5 Å². The van der Waals surface area contributed by atoms with E-state index in [1.54, 1.807) is 25.4 Å². The van der Waals surface area contributed by atoms with Gasteiger partial charge in [-0.25, -0.2) is 0 Å². The van der Waals surface area contributed by atoms with Crippen molar-refractivity contribution in [2.75, 3.05) is 7.11 Å². The number of nitrogens with zero attached hydrogens (tertiary/aromatic N) is 1. The van der Waals surface area contributed by atoms with Crippen LogP contribution in [0, 0.1) is 0 Å². The molecule has 1 aromatic heterocycles. The van der Waals surface area contributed by atoms with Crippen LogP contribution in [0.4, 0.5) is 0 Å². The van der Waals surface area contributed by atoms with Gasteiger partial charge in [-0.3, -0.25) is 4.98 Å². The molecule has 0 radical (unpaired) electrons. The quantitative estimate of drug-likeness (QED) is 0.940. The number of aliphatic hydroxyl groups excluding tert-OH is 1. The maximum atomic E-state index is 10.6. The van der Waals surface area contributed by atoms with Crippen LogP contribution < -0.4 is 4.74 Å². The Morgan fingerprint density at radius 3 is 3.00 bits per heavy atom. The van der Waals surface area contributed by atoms with Crippen molar-refractivity contribution in [2.45, 2.75) is 24.9 Å². The van der Waals surface area contributed by atoms with Crippen LogP contribution in [-0.2, 0) is 6.42 Å². The molecule has 2 atom stereocenters. The lowest BCUT2D eigenvalue weighted by molar-refractivity contribution is 0.143. The Morgan fingerprint density at radius 1 is 1.40 bits per heavy atom. The van der Waals surface area contributed by atoms with Crippen molar-refractivity contribution in [2.24, 2.45) is 0 Å². The van der Waals surface area contributed by atoms with Crippen LogP contribution in [0.1, 0.15) is 35.3 Å². The third-order valence-corrected chi connectivity index (χ3v) is 4.20. The second-order valence-electron chi connectivity index (χ2n) is 5.03. The summed E-state index contributed by atoms with van der Waals surface area (Å²) >= 11 is 6.13. The van der Waals surface area contributed by atoms with Gasteiger partial charge in [0.1, 0.15) is 5.75 Å². The van der Waals surface area contributed by atoms with Crippen molar-refractivity contribution in [3.05, 3.63) is 58.4 Å². The van der Waals surface area contributed by atoms with Crippen molar-refractivity contribution in [1.82, 2.24) is 4.98 Å². The molecule has 1 aliphatic carbocycles. The van der Waals surface area contributed by atoms with Crippen LogP contribution in [0.3, 0.4) is 0 Å². The van der Waals surface area contributed by atoms with E-state index in [4.69, 9.17) is 16.3 Å². The zero-order valence-electron chi connectivity index (χ0n) is 11.2. The summed E-state index contributed by atoms with van der Waals surface area (Å²) in [5, 5.41) is 11.1. The van der Waals surface area contributed by atoms with Gasteiger partial charge in [0.25, 0.3) is 0 Å². The number of aliphatic hydroxyl groups is 1. The Bertz CT molecular complexity index is 630. The molecule has 0 aliphatic heterocycles. The zero-order valence-corrected chi connectivity index (χ0v) is 12.0. The van der Waals surface area contributed by atoms with Gasteiger partial charge in [0.05, 0.1) is 18.2 Å². The Morgan fingerprint density at radius 2 is 2.25 bits per heavy atom. The third-order valence-electron chi connectivity index (χ3n) is 3.90. The molecule has 0 fully saturated rings. The van der Waals surface area contributed by atoms with E-state index in [0.29, 0.717) is 10.8 Å². The highest BCUT2D eigenvalue weighted by Crippen LogP contribution is 2.41. The lowest BCUT2D eigenvalue weighted by atomic mass is 9.93. The van der Waals surface area contributed by atoms with Crippen molar-refractivity contribution in [1.29, 1.82) is 0 Å². The molecule has 4 heteroatoms. The number of ether oxygens (including phenoxy) is 1. The highest BCUT2D eigenvalue weighted by Gasteiger charge is 2.30. The smallest absolute Gasteiger partial charge is 0.137 e. The molecular formula is C16H16ClNO2. The van der Waals surface area contributed by atoms with E-state index in [1.807, 2.05) is 12.1 Å². The predicted octanol–water partition coefficient (Wildman–Crippen LogP) is 3.51. The normalized spacial score (nSPS) is 18.6. The minimum absolute atomic E-state index is 0.0376. The predicted molar refractivity (Wildman–Crippen MR) is 78.3 cm³/mol. The lowest BCUT2D eigenvalue weighted by Gasteiger charge is -2.19. The Balaban J connectivity index is 1.90. The summed E-state index contributed by atoms with van der Waals surface area (Å²) in [6.45, 7) is 0. The van der Waals surface area contributed by atoms with E-state index < -0.39 is 6.10 Å². The van der Waals surface area contributed by atoms with Crippen LogP contribution in [0.2, 0.25) is 5.02 Å². The Kier molecular flexibility index (Phi) is 3.64. The zero-order chi connectivity index (χ0) is 14.1. The van der Waals surface area contributed by atoms with Crippen molar-refractivity contribution in [3.63, 3.8) is 0 Å². The number of hydrogen-bond acceptors (Lipinski definition) is 3. The van der Waals surface area contributed by atoms with E-state index in [9.17, 15) is 5.11 Å². The molecule has 0 spiro atoms. The number of rotatable bonds is 3. The van der Waals surface area contributed by atoms with Gasteiger partial charge in [0.15, 0.2) is 0 Å². The molecule has 2 aromatic rings. The molecule has 2 unspecified atom stereocenters.